The lowest BCUT2D eigenvalue weighted by molar-refractivity contribution is -0.0716. The molecule has 5 rings (SSSR count). The van der Waals surface area contributed by atoms with Gasteiger partial charge in [0.2, 0.25) is 0 Å². The Morgan fingerprint density at radius 2 is 1.48 bits per heavy atom. The number of ether oxygens (including phenoxy) is 2. The maximum Gasteiger partial charge on any atom is 0.261 e. The molecule has 1 aliphatic carbocycles. The van der Waals surface area contributed by atoms with Gasteiger partial charge in [-0.15, -0.1) is 0 Å². The van der Waals surface area contributed by atoms with Crippen LogP contribution in [0, 0.1) is 5.82 Å². The summed E-state index contributed by atoms with van der Waals surface area (Å²) in [6, 6.07) is 15.8. The number of hydrogen-bond acceptors (Lipinski definition) is 5. The van der Waals surface area contributed by atoms with Gasteiger partial charge in [-0.05, 0) is 73.5 Å². The summed E-state index contributed by atoms with van der Waals surface area (Å²) in [6.07, 6.45) is 3.82. The molecule has 2 aliphatic rings. The van der Waals surface area contributed by atoms with Crippen LogP contribution in [-0.4, -0.2) is 20.1 Å². The molecule has 170 valence electrons. The van der Waals surface area contributed by atoms with E-state index in [1.807, 2.05) is 0 Å². The van der Waals surface area contributed by atoms with Crippen LogP contribution >= 0.6 is 0 Å². The van der Waals surface area contributed by atoms with Crippen LogP contribution in [0.4, 0.5) is 15.8 Å². The fraction of sp³-hybridized carbons (Fsp3) is 0.208. The molecule has 1 saturated carbocycles. The number of carbonyl (C=O) groups is 1. The van der Waals surface area contributed by atoms with Gasteiger partial charge in [0, 0.05) is 35.8 Å². The van der Waals surface area contributed by atoms with Gasteiger partial charge in [0.1, 0.15) is 5.82 Å². The molecule has 0 radical (unpaired) electrons. The Hall–Kier alpha value is -3.59. The standard InChI is InChI=1S/C24H21FN2O5S/c25-17-5-10-20(11-6-17)33(29,30)27-18-7-3-16(4-8-18)23(28)26-19-9-12-21-22(15-19)32-24(31-21)13-1-2-14-24/h3-12,15,27H,1-2,13-14H2,(H,26,28). The minimum atomic E-state index is -3.87. The average molecular weight is 469 g/mol. The predicted octanol–water partition coefficient (Wildman–Crippen LogP) is 4.92. The number of sulfonamides is 1. The Morgan fingerprint density at radius 3 is 2.18 bits per heavy atom. The van der Waals surface area contributed by atoms with Gasteiger partial charge >= 0.3 is 0 Å². The summed E-state index contributed by atoms with van der Waals surface area (Å²) >= 11 is 0. The SMILES string of the molecule is O=C(Nc1ccc2c(c1)OC1(CCCC1)O2)c1ccc(NS(=O)(=O)c2ccc(F)cc2)cc1. The van der Waals surface area contributed by atoms with Crippen molar-refractivity contribution in [2.24, 2.45) is 0 Å². The van der Waals surface area contributed by atoms with Crippen LogP contribution in [0.1, 0.15) is 36.0 Å². The minimum Gasteiger partial charge on any atom is -0.448 e. The number of fused-ring (bicyclic) bond motifs is 1. The molecule has 0 unspecified atom stereocenters. The third-order valence-corrected chi connectivity index (χ3v) is 7.08. The second kappa shape index (κ2) is 8.08. The fourth-order valence-corrected chi connectivity index (χ4v) is 5.07. The molecule has 3 aromatic rings. The summed E-state index contributed by atoms with van der Waals surface area (Å²) in [5.74, 6) is -0.155. The van der Waals surface area contributed by atoms with Gasteiger partial charge in [0.05, 0.1) is 4.90 Å². The van der Waals surface area contributed by atoms with Gasteiger partial charge in [0.15, 0.2) is 11.5 Å². The number of nitrogens with one attached hydrogen (secondary N) is 2. The molecule has 9 heteroatoms. The molecule has 7 nitrogen and oxygen atoms in total. The summed E-state index contributed by atoms with van der Waals surface area (Å²) in [4.78, 5) is 12.6. The Bertz CT molecular complexity index is 1300. The first-order valence-corrected chi connectivity index (χ1v) is 12.0. The first-order chi connectivity index (χ1) is 15.8. The maximum atomic E-state index is 13.0. The van der Waals surface area contributed by atoms with Crippen molar-refractivity contribution in [1.82, 2.24) is 0 Å². The monoisotopic (exact) mass is 468 g/mol. The number of hydrogen-bond donors (Lipinski definition) is 2. The largest absolute Gasteiger partial charge is 0.448 e. The van der Waals surface area contributed by atoms with E-state index in [9.17, 15) is 17.6 Å². The zero-order valence-corrected chi connectivity index (χ0v) is 18.3. The molecule has 1 aliphatic heterocycles. The second-order valence-electron chi connectivity index (χ2n) is 8.07. The molecule has 3 aromatic carbocycles. The Kier molecular flexibility index (Phi) is 5.20. The van der Waals surface area contributed by atoms with Crippen molar-refractivity contribution in [3.05, 3.63) is 78.1 Å². The van der Waals surface area contributed by atoms with Crippen molar-refractivity contribution in [3.63, 3.8) is 0 Å². The van der Waals surface area contributed by atoms with Crippen molar-refractivity contribution in [1.29, 1.82) is 0 Å². The zero-order valence-electron chi connectivity index (χ0n) is 17.5. The van der Waals surface area contributed by atoms with Crippen LogP contribution in [0.3, 0.4) is 0 Å². The number of anilines is 2. The predicted molar refractivity (Wildman–Crippen MR) is 121 cm³/mol. The summed E-state index contributed by atoms with van der Waals surface area (Å²) < 4.78 is 52.3. The molecule has 33 heavy (non-hydrogen) atoms. The Morgan fingerprint density at radius 1 is 0.848 bits per heavy atom. The van der Waals surface area contributed by atoms with Crippen LogP contribution < -0.4 is 19.5 Å². The summed E-state index contributed by atoms with van der Waals surface area (Å²) in [5.41, 5.74) is 1.20. The molecular weight excluding hydrogens is 447 g/mol. The highest BCUT2D eigenvalue weighted by molar-refractivity contribution is 7.92. The molecular formula is C24H21FN2O5S. The molecule has 2 N–H and O–H groups in total. The van der Waals surface area contributed by atoms with E-state index in [4.69, 9.17) is 9.47 Å². The van der Waals surface area contributed by atoms with E-state index in [1.165, 1.54) is 36.4 Å². The lowest BCUT2D eigenvalue weighted by atomic mass is 10.2. The van der Waals surface area contributed by atoms with Crippen LogP contribution in [0.5, 0.6) is 11.5 Å². The van der Waals surface area contributed by atoms with Crippen LogP contribution in [0.2, 0.25) is 0 Å². The van der Waals surface area contributed by atoms with Crippen molar-refractivity contribution in [2.45, 2.75) is 36.4 Å². The van der Waals surface area contributed by atoms with E-state index in [0.717, 1.165) is 37.8 Å². The molecule has 0 bridgehead atoms. The molecule has 1 spiro atoms. The molecule has 0 atom stereocenters. The molecule has 0 aromatic heterocycles. The van der Waals surface area contributed by atoms with Crippen molar-refractivity contribution >= 4 is 27.3 Å². The van der Waals surface area contributed by atoms with E-state index in [0.29, 0.717) is 22.7 Å². The van der Waals surface area contributed by atoms with Crippen molar-refractivity contribution in [3.8, 4) is 11.5 Å². The third kappa shape index (κ3) is 4.36. The van der Waals surface area contributed by atoms with Gasteiger partial charge < -0.3 is 14.8 Å². The van der Waals surface area contributed by atoms with Crippen LogP contribution in [0.15, 0.2) is 71.6 Å². The van der Waals surface area contributed by atoms with E-state index in [1.54, 1.807) is 18.2 Å². The van der Waals surface area contributed by atoms with Crippen LogP contribution in [-0.2, 0) is 10.0 Å². The highest BCUT2D eigenvalue weighted by Crippen LogP contribution is 2.47. The lowest BCUT2D eigenvalue weighted by Gasteiger charge is -2.21. The van der Waals surface area contributed by atoms with E-state index in [-0.39, 0.29) is 16.5 Å². The second-order valence-corrected chi connectivity index (χ2v) is 9.76. The van der Waals surface area contributed by atoms with Gasteiger partial charge in [-0.25, -0.2) is 12.8 Å². The van der Waals surface area contributed by atoms with Gasteiger partial charge in [-0.2, -0.15) is 0 Å². The van der Waals surface area contributed by atoms with E-state index >= 15 is 0 Å². The summed E-state index contributed by atoms with van der Waals surface area (Å²) in [7, 11) is -3.87. The molecule has 1 amide bonds. The van der Waals surface area contributed by atoms with Gasteiger partial charge in [0.25, 0.3) is 21.7 Å². The average Bonchev–Trinajstić information content (AvgIpc) is 3.39. The third-order valence-electron chi connectivity index (χ3n) is 5.68. The number of carbonyl (C=O) groups excluding carboxylic acids is 1. The fourth-order valence-electron chi connectivity index (χ4n) is 4.01. The first kappa shape index (κ1) is 21.3. The highest BCUT2D eigenvalue weighted by Gasteiger charge is 2.44. The number of rotatable bonds is 5. The number of halogens is 1. The smallest absolute Gasteiger partial charge is 0.261 e. The topological polar surface area (TPSA) is 93.7 Å². The van der Waals surface area contributed by atoms with E-state index in [2.05, 4.69) is 10.0 Å². The Balaban J connectivity index is 1.25. The number of amides is 1. The number of benzene rings is 3. The highest BCUT2D eigenvalue weighted by atomic mass is 32.2. The first-order valence-electron chi connectivity index (χ1n) is 10.5. The summed E-state index contributed by atoms with van der Waals surface area (Å²) in [6.45, 7) is 0. The summed E-state index contributed by atoms with van der Waals surface area (Å²) in [5, 5.41) is 2.82. The van der Waals surface area contributed by atoms with Crippen molar-refractivity contribution < 1.29 is 27.1 Å². The maximum absolute atomic E-state index is 13.0. The normalized spacial score (nSPS) is 16.0. The molecule has 1 heterocycles. The van der Waals surface area contributed by atoms with Gasteiger partial charge in [-0.1, -0.05) is 0 Å². The zero-order chi connectivity index (χ0) is 23.1. The molecule has 1 fully saturated rings. The quantitative estimate of drug-likeness (QED) is 0.554. The lowest BCUT2D eigenvalue weighted by Crippen LogP contribution is -2.34. The van der Waals surface area contributed by atoms with Crippen molar-refractivity contribution in [2.75, 3.05) is 10.0 Å². The Labute approximate surface area is 190 Å². The molecule has 0 saturated heterocycles. The van der Waals surface area contributed by atoms with Gasteiger partial charge in [-0.3, -0.25) is 9.52 Å². The van der Waals surface area contributed by atoms with E-state index < -0.39 is 21.6 Å². The minimum absolute atomic E-state index is 0.0621. The van der Waals surface area contributed by atoms with Crippen LogP contribution in [0.25, 0.3) is 0 Å².